The molecule has 0 spiro atoms. The summed E-state index contributed by atoms with van der Waals surface area (Å²) in [5, 5.41) is 9.88. The minimum Gasteiger partial charge on any atom is -0.309 e. The number of fused-ring (bicyclic) bond motifs is 8. The van der Waals surface area contributed by atoms with Crippen LogP contribution in [-0.4, -0.2) is 9.13 Å². The third-order valence-corrected chi connectivity index (χ3v) is 15.8. The van der Waals surface area contributed by atoms with Crippen molar-refractivity contribution in [2.24, 2.45) is 0 Å². The highest BCUT2D eigenvalue weighted by Crippen LogP contribution is 2.50. The van der Waals surface area contributed by atoms with Crippen molar-refractivity contribution < 1.29 is 0 Å². The van der Waals surface area contributed by atoms with Gasteiger partial charge >= 0.3 is 0 Å². The van der Waals surface area contributed by atoms with Gasteiger partial charge in [-0.1, -0.05) is 231 Å². The minimum atomic E-state index is 1.14. The first-order valence-electron chi connectivity index (χ1n) is 26.2. The van der Waals surface area contributed by atoms with E-state index in [2.05, 4.69) is 300 Å². The molecule has 0 saturated carbocycles. The Morgan fingerprint density at radius 3 is 0.816 bits per heavy atom. The fraction of sp³-hybridized carbons (Fsp3) is 0. The van der Waals surface area contributed by atoms with Crippen LogP contribution in [-0.2, 0) is 0 Å². The van der Waals surface area contributed by atoms with Crippen LogP contribution in [0.25, 0.3) is 143 Å². The molecule has 15 rings (SSSR count). The van der Waals surface area contributed by atoms with Gasteiger partial charge in [-0.25, -0.2) is 0 Å². The van der Waals surface area contributed by atoms with Crippen molar-refractivity contribution in [3.8, 4) is 78.1 Å². The van der Waals surface area contributed by atoms with Crippen LogP contribution < -0.4 is 0 Å². The lowest BCUT2D eigenvalue weighted by molar-refractivity contribution is 1.18. The first-order valence-corrected chi connectivity index (χ1v) is 26.2. The molecule has 13 aromatic carbocycles. The van der Waals surface area contributed by atoms with Gasteiger partial charge in [0.25, 0.3) is 0 Å². The van der Waals surface area contributed by atoms with Crippen molar-refractivity contribution in [3.05, 3.63) is 291 Å². The Kier molecular flexibility index (Phi) is 10.2. The molecule has 0 radical (unpaired) electrons. The number of rotatable bonds is 8. The summed E-state index contributed by atoms with van der Waals surface area (Å²) in [4.78, 5) is 0. The SMILES string of the molecule is c1ccc(-c2ccccc2-c2c3ccc(-c4ccc(-n5c6ccccc6c6ccccc65)cc4)cc3c(-c3ccccc3-c3ccccc3)c3ccc(-c4ccc(-n5c6ccccc6c6ccccc65)cc4)cc23)cc1. The third-order valence-electron chi connectivity index (χ3n) is 15.8. The molecule has 0 atom stereocenters. The molecule has 0 aliphatic carbocycles. The normalized spacial score (nSPS) is 11.7. The Morgan fingerprint density at radius 2 is 0.461 bits per heavy atom. The van der Waals surface area contributed by atoms with Crippen LogP contribution in [0.4, 0.5) is 0 Å². The van der Waals surface area contributed by atoms with E-state index in [1.165, 1.54) is 132 Å². The molecular formula is C74H48N2. The number of aromatic nitrogens is 2. The molecule has 0 amide bonds. The number of benzene rings is 13. The van der Waals surface area contributed by atoms with E-state index >= 15 is 0 Å². The minimum absolute atomic E-state index is 1.14. The average molecular weight is 965 g/mol. The monoisotopic (exact) mass is 964 g/mol. The zero-order valence-corrected chi connectivity index (χ0v) is 41.6. The van der Waals surface area contributed by atoms with E-state index in [9.17, 15) is 0 Å². The summed E-state index contributed by atoms with van der Waals surface area (Å²) in [5.41, 5.74) is 21.4. The lowest BCUT2D eigenvalue weighted by Crippen LogP contribution is -1.96. The maximum atomic E-state index is 2.46. The van der Waals surface area contributed by atoms with E-state index in [0.717, 1.165) is 11.4 Å². The summed E-state index contributed by atoms with van der Waals surface area (Å²) >= 11 is 0. The molecule has 0 aliphatic heterocycles. The molecule has 0 fully saturated rings. The molecule has 2 heteroatoms. The molecule has 2 heterocycles. The molecule has 354 valence electrons. The Hall–Kier alpha value is -10.0. The maximum Gasteiger partial charge on any atom is 0.0541 e. The standard InChI is InChI=1S/C74H48N2/c1-3-19-51(20-4-1)57-23-7-9-29-63(57)73-65-45-39-54(50-37-43-56(44-38-50)76-71-33-17-13-27-61(71)62-28-14-18-34-72(62)76)48-68(65)74(64-30-10-8-24-58(64)52-21-5-2-6-22-52)66-46-40-53(47-67(66)73)49-35-41-55(42-36-49)75-69-31-15-11-25-59(69)60-26-12-16-32-70(60)75/h1-48H. The van der Waals surface area contributed by atoms with Gasteiger partial charge < -0.3 is 9.13 Å². The van der Waals surface area contributed by atoms with E-state index < -0.39 is 0 Å². The summed E-state index contributed by atoms with van der Waals surface area (Å²) in [6.45, 7) is 0. The predicted molar refractivity (Wildman–Crippen MR) is 323 cm³/mol. The van der Waals surface area contributed by atoms with Crippen molar-refractivity contribution in [1.29, 1.82) is 0 Å². The van der Waals surface area contributed by atoms with Crippen molar-refractivity contribution in [2.75, 3.05) is 0 Å². The summed E-state index contributed by atoms with van der Waals surface area (Å²) in [5.74, 6) is 0. The summed E-state index contributed by atoms with van der Waals surface area (Å²) in [6, 6.07) is 107. The second-order valence-corrected chi connectivity index (χ2v) is 19.9. The molecule has 0 saturated heterocycles. The largest absolute Gasteiger partial charge is 0.309 e. The van der Waals surface area contributed by atoms with Crippen LogP contribution in [0.5, 0.6) is 0 Å². The lowest BCUT2D eigenvalue weighted by Gasteiger charge is -2.22. The van der Waals surface area contributed by atoms with Crippen LogP contribution in [0, 0.1) is 0 Å². The van der Waals surface area contributed by atoms with Gasteiger partial charge in [0.15, 0.2) is 0 Å². The van der Waals surface area contributed by atoms with Crippen molar-refractivity contribution in [3.63, 3.8) is 0 Å². The third kappa shape index (κ3) is 7.03. The fourth-order valence-corrected chi connectivity index (χ4v) is 12.3. The van der Waals surface area contributed by atoms with Crippen LogP contribution in [0.1, 0.15) is 0 Å². The van der Waals surface area contributed by atoms with E-state index in [-0.39, 0.29) is 0 Å². The molecule has 0 bridgehead atoms. The van der Waals surface area contributed by atoms with Gasteiger partial charge in [-0.15, -0.1) is 0 Å². The highest BCUT2D eigenvalue weighted by Gasteiger charge is 2.23. The summed E-state index contributed by atoms with van der Waals surface area (Å²) < 4.78 is 4.79. The van der Waals surface area contributed by atoms with Gasteiger partial charge in [-0.3, -0.25) is 0 Å². The van der Waals surface area contributed by atoms with Crippen LogP contribution >= 0.6 is 0 Å². The quantitative estimate of drug-likeness (QED) is 0.134. The second-order valence-electron chi connectivity index (χ2n) is 19.9. The average Bonchev–Trinajstić information content (AvgIpc) is 4.10. The van der Waals surface area contributed by atoms with Gasteiger partial charge in [0.05, 0.1) is 22.1 Å². The van der Waals surface area contributed by atoms with Gasteiger partial charge in [0.1, 0.15) is 0 Å². The number of nitrogens with zero attached hydrogens (tertiary/aromatic N) is 2. The van der Waals surface area contributed by atoms with Crippen molar-refractivity contribution in [1.82, 2.24) is 9.13 Å². The molecule has 76 heavy (non-hydrogen) atoms. The van der Waals surface area contributed by atoms with Crippen LogP contribution in [0.2, 0.25) is 0 Å². The first-order chi connectivity index (χ1) is 37.7. The van der Waals surface area contributed by atoms with Gasteiger partial charge in [0, 0.05) is 32.9 Å². The number of para-hydroxylation sites is 4. The van der Waals surface area contributed by atoms with Crippen molar-refractivity contribution >= 4 is 65.2 Å². The zero-order valence-electron chi connectivity index (χ0n) is 41.6. The van der Waals surface area contributed by atoms with Crippen molar-refractivity contribution in [2.45, 2.75) is 0 Å². The molecular weight excluding hydrogens is 917 g/mol. The van der Waals surface area contributed by atoms with E-state index in [1.807, 2.05) is 0 Å². The van der Waals surface area contributed by atoms with Gasteiger partial charge in [-0.05, 0) is 149 Å². The molecule has 2 nitrogen and oxygen atoms in total. The smallest absolute Gasteiger partial charge is 0.0541 e. The lowest BCUT2D eigenvalue weighted by atomic mass is 9.81. The van der Waals surface area contributed by atoms with E-state index in [1.54, 1.807) is 0 Å². The summed E-state index contributed by atoms with van der Waals surface area (Å²) in [7, 11) is 0. The maximum absolute atomic E-state index is 2.46. The predicted octanol–water partition coefficient (Wildman–Crippen LogP) is 20.2. The Labute approximate surface area is 441 Å². The van der Waals surface area contributed by atoms with E-state index in [0.29, 0.717) is 0 Å². The summed E-state index contributed by atoms with van der Waals surface area (Å²) in [6.07, 6.45) is 0. The highest BCUT2D eigenvalue weighted by atomic mass is 15.0. The fourth-order valence-electron chi connectivity index (χ4n) is 12.3. The highest BCUT2D eigenvalue weighted by molar-refractivity contribution is 6.24. The van der Waals surface area contributed by atoms with Crippen LogP contribution in [0.3, 0.4) is 0 Å². The van der Waals surface area contributed by atoms with E-state index in [4.69, 9.17) is 0 Å². The first kappa shape index (κ1) is 43.6. The van der Waals surface area contributed by atoms with Gasteiger partial charge in [0.2, 0.25) is 0 Å². The van der Waals surface area contributed by atoms with Crippen LogP contribution in [0.15, 0.2) is 291 Å². The molecule has 0 unspecified atom stereocenters. The second kappa shape index (κ2) is 17.9. The molecule has 15 aromatic rings. The Morgan fingerprint density at radius 1 is 0.171 bits per heavy atom. The molecule has 0 N–H and O–H groups in total. The molecule has 2 aromatic heterocycles. The Balaban J connectivity index is 0.968. The number of hydrogen-bond donors (Lipinski definition) is 0. The Bertz CT molecular complexity index is 4300. The molecule has 0 aliphatic rings. The number of hydrogen-bond acceptors (Lipinski definition) is 0. The van der Waals surface area contributed by atoms with Gasteiger partial charge in [-0.2, -0.15) is 0 Å². The topological polar surface area (TPSA) is 9.86 Å². The zero-order chi connectivity index (χ0) is 50.1.